The zero-order valence-electron chi connectivity index (χ0n) is 19.0. The van der Waals surface area contributed by atoms with Crippen LogP contribution in [0.2, 0.25) is 0 Å². The minimum absolute atomic E-state index is 0.0429. The van der Waals surface area contributed by atoms with Gasteiger partial charge in [0.05, 0.1) is 10.9 Å². The SMILES string of the molecule is Cc1ccc2c(c1-c1c3ccccc3cc[n+]1C)OC1(CCCCC1)CC21CCCC1. The Morgan fingerprint density at radius 3 is 2.39 bits per heavy atom. The topological polar surface area (TPSA) is 13.1 Å². The predicted octanol–water partition coefficient (Wildman–Crippen LogP) is 6.94. The summed E-state index contributed by atoms with van der Waals surface area (Å²) in [7, 11) is 2.19. The summed E-state index contributed by atoms with van der Waals surface area (Å²) < 4.78 is 9.51. The molecule has 2 heterocycles. The number of ether oxygens (including phenoxy) is 1. The molecule has 6 rings (SSSR count). The lowest BCUT2D eigenvalue weighted by Crippen LogP contribution is -2.48. The summed E-state index contributed by atoms with van der Waals surface area (Å²) in [5.41, 5.74) is 5.81. The molecule has 2 aliphatic carbocycles. The van der Waals surface area contributed by atoms with Crippen molar-refractivity contribution in [3.8, 4) is 17.0 Å². The van der Waals surface area contributed by atoms with Crippen LogP contribution in [0.4, 0.5) is 0 Å². The van der Waals surface area contributed by atoms with Crippen molar-refractivity contribution in [1.82, 2.24) is 0 Å². The molecule has 2 nitrogen and oxygen atoms in total. The van der Waals surface area contributed by atoms with Crippen molar-refractivity contribution in [2.24, 2.45) is 7.05 Å². The lowest BCUT2D eigenvalue weighted by Gasteiger charge is -2.50. The van der Waals surface area contributed by atoms with Gasteiger partial charge in [0.1, 0.15) is 18.4 Å². The Bertz CT molecular complexity index is 1150. The summed E-state index contributed by atoms with van der Waals surface area (Å²) >= 11 is 0. The monoisotopic (exact) mass is 412 g/mol. The number of nitrogens with zero attached hydrogens (tertiary/aromatic N) is 1. The highest BCUT2D eigenvalue weighted by atomic mass is 16.5. The van der Waals surface area contributed by atoms with Crippen molar-refractivity contribution in [2.45, 2.75) is 82.1 Å². The fourth-order valence-electron chi connectivity index (χ4n) is 7.06. The lowest BCUT2D eigenvalue weighted by atomic mass is 9.64. The van der Waals surface area contributed by atoms with Gasteiger partial charge >= 0.3 is 0 Å². The normalized spacial score (nSPS) is 21.4. The molecule has 160 valence electrons. The Balaban J connectivity index is 1.64. The molecule has 1 aromatic heterocycles. The molecule has 3 aliphatic rings. The van der Waals surface area contributed by atoms with Gasteiger partial charge in [0, 0.05) is 17.0 Å². The van der Waals surface area contributed by atoms with Crippen LogP contribution in [-0.4, -0.2) is 5.60 Å². The lowest BCUT2D eigenvalue weighted by molar-refractivity contribution is -0.659. The molecule has 0 amide bonds. The Hall–Kier alpha value is -2.35. The number of hydrogen-bond acceptors (Lipinski definition) is 1. The van der Waals surface area contributed by atoms with E-state index in [0.717, 1.165) is 0 Å². The van der Waals surface area contributed by atoms with Crippen molar-refractivity contribution in [3.05, 3.63) is 59.8 Å². The third-order valence-electron chi connectivity index (χ3n) is 8.53. The van der Waals surface area contributed by atoms with E-state index in [9.17, 15) is 0 Å². The number of pyridine rings is 1. The van der Waals surface area contributed by atoms with Gasteiger partial charge in [-0.25, -0.2) is 4.57 Å². The Morgan fingerprint density at radius 2 is 1.58 bits per heavy atom. The van der Waals surface area contributed by atoms with Crippen LogP contribution in [0, 0.1) is 6.92 Å². The van der Waals surface area contributed by atoms with Crippen LogP contribution in [0.1, 0.15) is 75.3 Å². The fraction of sp³-hybridized carbons (Fsp3) is 0.483. The van der Waals surface area contributed by atoms with E-state index in [2.05, 4.69) is 67.2 Å². The molecule has 0 N–H and O–H groups in total. The first-order chi connectivity index (χ1) is 15.1. The van der Waals surface area contributed by atoms with Gasteiger partial charge in [-0.2, -0.15) is 0 Å². The van der Waals surface area contributed by atoms with Gasteiger partial charge in [-0.05, 0) is 68.9 Å². The summed E-state index contributed by atoms with van der Waals surface area (Å²) in [4.78, 5) is 0. The van der Waals surface area contributed by atoms with E-state index in [1.54, 1.807) is 0 Å². The van der Waals surface area contributed by atoms with E-state index in [1.807, 2.05) is 0 Å². The molecule has 0 unspecified atom stereocenters. The average molecular weight is 413 g/mol. The molecule has 2 spiro atoms. The number of fused-ring (bicyclic) bond motifs is 3. The maximum Gasteiger partial charge on any atom is 0.224 e. The standard InChI is InChI=1S/C29H34NO/c1-21-12-13-24-27(25(21)26-23-11-5-4-10-22(23)14-19-30(26)2)31-29(17-6-3-7-18-29)20-28(24)15-8-9-16-28/h4-5,10-14,19H,3,6-9,15-18,20H2,1-2H3/q+1. The third kappa shape index (κ3) is 2.94. The quantitative estimate of drug-likeness (QED) is 0.395. The molecule has 1 aliphatic heterocycles. The second-order valence-electron chi connectivity index (χ2n) is 10.5. The molecule has 0 atom stereocenters. The van der Waals surface area contributed by atoms with E-state index in [1.165, 1.54) is 103 Å². The van der Waals surface area contributed by atoms with Gasteiger partial charge in [-0.15, -0.1) is 0 Å². The van der Waals surface area contributed by atoms with Crippen LogP contribution in [0.5, 0.6) is 5.75 Å². The first-order valence-corrected chi connectivity index (χ1v) is 12.3. The highest BCUT2D eigenvalue weighted by molar-refractivity contribution is 5.95. The molecule has 3 aromatic rings. The summed E-state index contributed by atoms with van der Waals surface area (Å²) in [6.07, 6.45) is 15.3. The Morgan fingerprint density at radius 1 is 0.839 bits per heavy atom. The zero-order chi connectivity index (χ0) is 21.1. The minimum Gasteiger partial charge on any atom is -0.486 e. The zero-order valence-corrected chi connectivity index (χ0v) is 19.0. The van der Waals surface area contributed by atoms with Gasteiger partial charge in [0.15, 0.2) is 6.20 Å². The molecular weight excluding hydrogens is 378 g/mol. The van der Waals surface area contributed by atoms with E-state index >= 15 is 0 Å². The van der Waals surface area contributed by atoms with Gasteiger partial charge in [-0.3, -0.25) is 0 Å². The number of rotatable bonds is 1. The molecule has 2 heteroatoms. The first kappa shape index (κ1) is 19.3. The van der Waals surface area contributed by atoms with Crippen molar-refractivity contribution < 1.29 is 9.30 Å². The molecule has 0 radical (unpaired) electrons. The van der Waals surface area contributed by atoms with Crippen LogP contribution in [0.15, 0.2) is 48.7 Å². The van der Waals surface area contributed by atoms with Crippen LogP contribution < -0.4 is 9.30 Å². The molecule has 2 saturated carbocycles. The van der Waals surface area contributed by atoms with E-state index < -0.39 is 0 Å². The summed E-state index contributed by atoms with van der Waals surface area (Å²) in [6.45, 7) is 2.27. The first-order valence-electron chi connectivity index (χ1n) is 12.3. The second kappa shape index (κ2) is 7.08. The van der Waals surface area contributed by atoms with Crippen molar-refractivity contribution in [1.29, 1.82) is 0 Å². The predicted molar refractivity (Wildman–Crippen MR) is 127 cm³/mol. The maximum atomic E-state index is 7.20. The molecule has 2 fully saturated rings. The minimum atomic E-state index is 0.0429. The number of aromatic nitrogens is 1. The van der Waals surface area contributed by atoms with Gasteiger partial charge in [0.25, 0.3) is 0 Å². The average Bonchev–Trinajstić information content (AvgIpc) is 3.23. The number of aryl methyl sites for hydroxylation is 2. The van der Waals surface area contributed by atoms with Crippen LogP contribution >= 0.6 is 0 Å². The van der Waals surface area contributed by atoms with Gasteiger partial charge < -0.3 is 4.74 Å². The maximum absolute atomic E-state index is 7.20. The van der Waals surface area contributed by atoms with E-state index in [-0.39, 0.29) is 5.60 Å². The van der Waals surface area contributed by atoms with Crippen LogP contribution in [0.25, 0.3) is 22.0 Å². The smallest absolute Gasteiger partial charge is 0.224 e. The second-order valence-corrected chi connectivity index (χ2v) is 10.5. The van der Waals surface area contributed by atoms with E-state index in [0.29, 0.717) is 5.41 Å². The summed E-state index contributed by atoms with van der Waals surface area (Å²) in [6, 6.07) is 15.8. The van der Waals surface area contributed by atoms with Crippen molar-refractivity contribution >= 4 is 10.8 Å². The molecule has 2 aromatic carbocycles. The van der Waals surface area contributed by atoms with Crippen molar-refractivity contribution in [3.63, 3.8) is 0 Å². The van der Waals surface area contributed by atoms with Crippen molar-refractivity contribution in [2.75, 3.05) is 0 Å². The largest absolute Gasteiger partial charge is 0.486 e. The Kier molecular flexibility index (Phi) is 4.42. The summed E-state index contributed by atoms with van der Waals surface area (Å²) in [5.74, 6) is 1.21. The van der Waals surface area contributed by atoms with E-state index in [4.69, 9.17) is 4.74 Å². The van der Waals surface area contributed by atoms with Crippen LogP contribution in [0.3, 0.4) is 0 Å². The number of benzene rings is 2. The molecule has 31 heavy (non-hydrogen) atoms. The fourth-order valence-corrected chi connectivity index (χ4v) is 7.06. The van der Waals surface area contributed by atoms with Crippen LogP contribution in [-0.2, 0) is 12.5 Å². The third-order valence-corrected chi connectivity index (χ3v) is 8.53. The van der Waals surface area contributed by atoms with Gasteiger partial charge in [0.2, 0.25) is 5.69 Å². The van der Waals surface area contributed by atoms with Gasteiger partial charge in [-0.1, -0.05) is 49.6 Å². The molecule has 0 saturated heterocycles. The number of hydrogen-bond donors (Lipinski definition) is 0. The Labute approximate surface area is 186 Å². The highest BCUT2D eigenvalue weighted by Gasteiger charge is 2.51. The highest BCUT2D eigenvalue weighted by Crippen LogP contribution is 2.58. The molecule has 0 bridgehead atoms. The molecular formula is C29H34NO+. The summed E-state index contributed by atoms with van der Waals surface area (Å²) in [5, 5.41) is 2.61.